The Bertz CT molecular complexity index is 454. The van der Waals surface area contributed by atoms with E-state index in [1.54, 1.807) is 0 Å². The molecular formula is C21H36Cl2O3. The number of hydrogen-bond donors (Lipinski definition) is 0. The average molecular weight is 407 g/mol. The van der Waals surface area contributed by atoms with Gasteiger partial charge < -0.3 is 9.47 Å². The van der Waals surface area contributed by atoms with Crippen molar-refractivity contribution in [3.05, 3.63) is 0 Å². The Morgan fingerprint density at radius 2 is 1.19 bits per heavy atom. The van der Waals surface area contributed by atoms with E-state index in [0.717, 1.165) is 38.5 Å². The highest BCUT2D eigenvalue weighted by atomic mass is 35.5. The molecule has 0 spiro atoms. The highest BCUT2D eigenvalue weighted by Crippen LogP contribution is 2.43. The Labute approximate surface area is 169 Å². The van der Waals surface area contributed by atoms with E-state index in [9.17, 15) is 4.79 Å². The normalized spacial score (nSPS) is 41.3. The molecule has 2 aliphatic carbocycles. The van der Waals surface area contributed by atoms with Crippen LogP contribution in [-0.4, -0.2) is 28.1 Å². The number of ether oxygens (including phenoxy) is 2. The number of halogens is 2. The molecule has 0 aromatic heterocycles. The second-order valence-corrected chi connectivity index (χ2v) is 10.6. The van der Waals surface area contributed by atoms with E-state index in [0.29, 0.717) is 23.7 Å². The van der Waals surface area contributed by atoms with Crippen LogP contribution in [0.3, 0.4) is 0 Å². The van der Waals surface area contributed by atoms with Crippen LogP contribution in [-0.2, 0) is 9.47 Å². The van der Waals surface area contributed by atoms with Crippen molar-refractivity contribution in [3.8, 4) is 0 Å². The molecule has 0 bridgehead atoms. The first-order valence-corrected chi connectivity index (χ1v) is 11.0. The summed E-state index contributed by atoms with van der Waals surface area (Å²) < 4.78 is 11.5. The van der Waals surface area contributed by atoms with E-state index in [1.807, 2.05) is 13.8 Å². The van der Waals surface area contributed by atoms with E-state index in [1.165, 1.54) is 0 Å². The zero-order chi connectivity index (χ0) is 19.7. The summed E-state index contributed by atoms with van der Waals surface area (Å²) in [5.41, 5.74) is -1.34. The van der Waals surface area contributed by atoms with Crippen molar-refractivity contribution >= 4 is 29.4 Å². The molecule has 5 heteroatoms. The largest absolute Gasteiger partial charge is 0.509 e. The van der Waals surface area contributed by atoms with Crippen LogP contribution in [0.2, 0.25) is 0 Å². The number of rotatable bonds is 4. The minimum atomic E-state index is -0.669. The summed E-state index contributed by atoms with van der Waals surface area (Å²) in [5, 5.41) is -0.375. The van der Waals surface area contributed by atoms with Crippen LogP contribution < -0.4 is 0 Å². The van der Waals surface area contributed by atoms with Crippen molar-refractivity contribution in [1.82, 2.24) is 0 Å². The topological polar surface area (TPSA) is 35.5 Å². The van der Waals surface area contributed by atoms with Gasteiger partial charge in [0.05, 0.1) is 10.8 Å². The van der Waals surface area contributed by atoms with Crippen molar-refractivity contribution in [1.29, 1.82) is 0 Å². The Hall–Kier alpha value is -0.150. The van der Waals surface area contributed by atoms with E-state index >= 15 is 0 Å². The Kier molecular flexibility index (Phi) is 7.21. The van der Waals surface area contributed by atoms with Crippen molar-refractivity contribution in [3.63, 3.8) is 0 Å². The zero-order valence-corrected chi connectivity index (χ0v) is 18.7. The molecule has 2 saturated carbocycles. The van der Waals surface area contributed by atoms with Gasteiger partial charge in [-0.25, -0.2) is 4.79 Å². The fraction of sp³-hybridized carbons (Fsp3) is 0.952. The highest BCUT2D eigenvalue weighted by molar-refractivity contribution is 6.21. The Morgan fingerprint density at radius 1 is 0.846 bits per heavy atom. The molecular weight excluding hydrogens is 371 g/mol. The first kappa shape index (κ1) is 22.1. The summed E-state index contributed by atoms with van der Waals surface area (Å²) in [5.74, 6) is 2.36. The molecule has 2 rings (SSSR count). The van der Waals surface area contributed by atoms with Gasteiger partial charge in [0.2, 0.25) is 0 Å². The van der Waals surface area contributed by atoms with Gasteiger partial charge in [-0.1, -0.05) is 27.7 Å². The lowest BCUT2D eigenvalue weighted by Gasteiger charge is -2.44. The fourth-order valence-corrected chi connectivity index (χ4v) is 5.13. The number of alkyl halides is 2. The standard InChI is InChI=1S/C21H36Cl2O3/c1-13(2)15-7-9-20(5,17(22)11-15)25-19(24)26-21(6)10-8-16(14(3)4)12-18(21)23/h13-18H,7-12H2,1-6H3. The van der Waals surface area contributed by atoms with E-state index < -0.39 is 17.4 Å². The summed E-state index contributed by atoms with van der Waals surface area (Å²) in [6, 6.07) is 0. The molecule has 6 unspecified atom stereocenters. The number of carbonyl (C=O) groups excluding carboxylic acids is 1. The van der Waals surface area contributed by atoms with Crippen LogP contribution in [0.15, 0.2) is 0 Å². The third kappa shape index (κ3) is 5.01. The van der Waals surface area contributed by atoms with E-state index in [4.69, 9.17) is 32.7 Å². The number of carbonyl (C=O) groups is 1. The second kappa shape index (κ2) is 8.47. The molecule has 0 radical (unpaired) electrons. The molecule has 0 heterocycles. The summed E-state index contributed by atoms with van der Waals surface area (Å²) in [4.78, 5) is 12.6. The SMILES string of the molecule is CC(C)C1CCC(C)(OC(=O)OC2(C)CCC(C(C)C)CC2Cl)C(Cl)C1. The van der Waals surface area contributed by atoms with Crippen LogP contribution in [0.1, 0.15) is 80.1 Å². The van der Waals surface area contributed by atoms with Gasteiger partial charge >= 0.3 is 6.16 Å². The average Bonchev–Trinajstić information content (AvgIpc) is 2.52. The van der Waals surface area contributed by atoms with Gasteiger partial charge in [0.1, 0.15) is 11.2 Å². The quantitative estimate of drug-likeness (QED) is 0.380. The van der Waals surface area contributed by atoms with Gasteiger partial charge in [-0.3, -0.25) is 0 Å². The van der Waals surface area contributed by atoms with Crippen molar-refractivity contribution in [2.75, 3.05) is 0 Å². The maximum atomic E-state index is 12.6. The maximum absolute atomic E-state index is 12.6. The highest BCUT2D eigenvalue weighted by Gasteiger charge is 2.47. The lowest BCUT2D eigenvalue weighted by atomic mass is 9.75. The van der Waals surface area contributed by atoms with Crippen LogP contribution in [0.25, 0.3) is 0 Å². The molecule has 0 aromatic carbocycles. The van der Waals surface area contributed by atoms with Crippen LogP contribution >= 0.6 is 23.2 Å². The smallest absolute Gasteiger partial charge is 0.426 e. The molecule has 0 aliphatic heterocycles. The summed E-state index contributed by atoms with van der Waals surface area (Å²) in [6.07, 6.45) is 4.71. The minimum absolute atomic E-state index is 0.188. The van der Waals surface area contributed by atoms with Crippen molar-refractivity contribution < 1.29 is 14.3 Å². The first-order chi connectivity index (χ1) is 12.0. The van der Waals surface area contributed by atoms with Crippen LogP contribution in [0, 0.1) is 23.7 Å². The Balaban J connectivity index is 1.94. The zero-order valence-electron chi connectivity index (χ0n) is 17.2. The summed E-state index contributed by atoms with van der Waals surface area (Å²) in [7, 11) is 0. The molecule has 0 amide bonds. The fourth-order valence-electron chi connectivity index (χ4n) is 4.37. The lowest BCUT2D eigenvalue weighted by molar-refractivity contribution is -0.0960. The van der Waals surface area contributed by atoms with Crippen LogP contribution in [0.4, 0.5) is 4.79 Å². The van der Waals surface area contributed by atoms with Gasteiger partial charge in [-0.15, -0.1) is 23.2 Å². The van der Waals surface area contributed by atoms with E-state index in [-0.39, 0.29) is 10.8 Å². The molecule has 152 valence electrons. The van der Waals surface area contributed by atoms with Gasteiger partial charge in [-0.05, 0) is 76.0 Å². The predicted molar refractivity (Wildman–Crippen MR) is 108 cm³/mol. The molecule has 26 heavy (non-hydrogen) atoms. The molecule has 6 atom stereocenters. The Morgan fingerprint density at radius 3 is 1.46 bits per heavy atom. The van der Waals surface area contributed by atoms with Crippen molar-refractivity contribution in [2.24, 2.45) is 23.7 Å². The summed E-state index contributed by atoms with van der Waals surface area (Å²) >= 11 is 13.2. The third-order valence-corrected chi connectivity index (χ3v) is 8.17. The third-order valence-electron chi connectivity index (χ3n) is 6.89. The molecule has 0 saturated heterocycles. The predicted octanol–water partition coefficient (Wildman–Crippen LogP) is 6.78. The van der Waals surface area contributed by atoms with Crippen LogP contribution in [0.5, 0.6) is 0 Å². The first-order valence-electron chi connectivity index (χ1n) is 10.2. The van der Waals surface area contributed by atoms with E-state index in [2.05, 4.69) is 27.7 Å². The molecule has 0 N–H and O–H groups in total. The number of hydrogen-bond acceptors (Lipinski definition) is 3. The van der Waals surface area contributed by atoms with Gasteiger partial charge in [0.25, 0.3) is 0 Å². The lowest BCUT2D eigenvalue weighted by Crippen LogP contribution is -2.50. The molecule has 2 aliphatic rings. The molecule has 2 fully saturated rings. The minimum Gasteiger partial charge on any atom is -0.426 e. The second-order valence-electron chi connectivity index (χ2n) is 9.57. The van der Waals surface area contributed by atoms with Gasteiger partial charge in [0.15, 0.2) is 0 Å². The molecule has 0 aromatic rings. The van der Waals surface area contributed by atoms with Gasteiger partial charge in [0, 0.05) is 0 Å². The molecule has 3 nitrogen and oxygen atoms in total. The maximum Gasteiger partial charge on any atom is 0.509 e. The van der Waals surface area contributed by atoms with Crippen molar-refractivity contribution in [2.45, 2.75) is 102 Å². The summed E-state index contributed by atoms with van der Waals surface area (Å²) in [6.45, 7) is 12.8. The van der Waals surface area contributed by atoms with Gasteiger partial charge in [-0.2, -0.15) is 0 Å². The monoisotopic (exact) mass is 406 g/mol.